The van der Waals surface area contributed by atoms with E-state index in [1.807, 2.05) is 0 Å². The van der Waals surface area contributed by atoms with E-state index >= 15 is 0 Å². The fourth-order valence-electron chi connectivity index (χ4n) is 2.42. The number of β-amino-alcohol motifs (C(OH)–C–C–N with tert-alkyl or cyclic N) is 1. The van der Waals surface area contributed by atoms with Gasteiger partial charge in [-0.3, -0.25) is 0 Å². The Balaban J connectivity index is 2.30. The number of hydrogen-bond acceptors (Lipinski definition) is 4. The van der Waals surface area contributed by atoms with E-state index in [0.717, 1.165) is 16.4 Å². The first-order valence-electron chi connectivity index (χ1n) is 6.46. The molecule has 118 valence electrons. The Morgan fingerprint density at radius 3 is 2.71 bits per heavy atom. The summed E-state index contributed by atoms with van der Waals surface area (Å²) in [4.78, 5) is 0. The van der Waals surface area contributed by atoms with E-state index in [9.17, 15) is 22.3 Å². The van der Waals surface area contributed by atoms with Gasteiger partial charge in [0, 0.05) is 13.7 Å². The number of nitrogens with zero attached hydrogens (tertiary/aromatic N) is 1. The van der Waals surface area contributed by atoms with Gasteiger partial charge in [-0.25, -0.2) is 17.2 Å². The molecule has 0 unspecified atom stereocenters. The van der Waals surface area contributed by atoms with Gasteiger partial charge in [0.1, 0.15) is 0 Å². The molecule has 0 saturated carbocycles. The molecule has 0 spiro atoms. The average Bonchev–Trinajstić information content (AvgIpc) is 2.82. The van der Waals surface area contributed by atoms with Crippen molar-refractivity contribution in [2.75, 3.05) is 26.0 Å². The normalized spacial score (nSPS) is 23.6. The Morgan fingerprint density at radius 1 is 1.38 bits per heavy atom. The maximum atomic E-state index is 13.3. The van der Waals surface area contributed by atoms with Crippen LogP contribution in [0.15, 0.2) is 18.2 Å². The summed E-state index contributed by atoms with van der Waals surface area (Å²) in [6, 6.07) is 2.56. The van der Waals surface area contributed by atoms with Crippen molar-refractivity contribution in [1.82, 2.24) is 4.31 Å². The van der Waals surface area contributed by atoms with Crippen LogP contribution in [0.3, 0.4) is 0 Å². The van der Waals surface area contributed by atoms with Crippen molar-refractivity contribution in [2.45, 2.75) is 18.6 Å². The second-order valence-electron chi connectivity index (χ2n) is 4.96. The molecule has 5 nitrogen and oxygen atoms in total. The number of ether oxygens (including phenoxy) is 1. The molecule has 2 atom stereocenters. The van der Waals surface area contributed by atoms with E-state index in [0.29, 0.717) is 5.56 Å². The quantitative estimate of drug-likeness (QED) is 0.880. The van der Waals surface area contributed by atoms with Gasteiger partial charge >= 0.3 is 0 Å². The first kappa shape index (κ1) is 16.3. The smallest absolute Gasteiger partial charge is 0.217 e. The zero-order valence-electron chi connectivity index (χ0n) is 11.5. The maximum Gasteiger partial charge on any atom is 0.217 e. The molecular weight excluding hydrogens is 304 g/mol. The highest BCUT2D eigenvalue weighted by molar-refractivity contribution is 7.89. The van der Waals surface area contributed by atoms with Crippen molar-refractivity contribution < 1.29 is 27.0 Å². The van der Waals surface area contributed by atoms with Crippen molar-refractivity contribution in [1.29, 1.82) is 0 Å². The number of sulfonamides is 1. The second kappa shape index (κ2) is 6.35. The molecule has 0 aliphatic carbocycles. The van der Waals surface area contributed by atoms with Gasteiger partial charge in [-0.2, -0.15) is 4.31 Å². The summed E-state index contributed by atoms with van der Waals surface area (Å²) < 4.78 is 56.7. The van der Waals surface area contributed by atoms with Gasteiger partial charge in [0.15, 0.2) is 11.6 Å². The molecule has 1 aliphatic heterocycles. The number of rotatable bonds is 5. The highest BCUT2D eigenvalue weighted by atomic mass is 32.2. The SMILES string of the molecule is COCCS(=O)(=O)N1C[C@@H](O)C[C@H]1c1ccc(F)c(F)c1. The first-order valence-corrected chi connectivity index (χ1v) is 8.07. The average molecular weight is 321 g/mol. The van der Waals surface area contributed by atoms with Crippen LogP contribution in [0, 0.1) is 11.6 Å². The molecule has 8 heteroatoms. The zero-order chi connectivity index (χ0) is 15.6. The van der Waals surface area contributed by atoms with Gasteiger partial charge < -0.3 is 9.84 Å². The van der Waals surface area contributed by atoms with Gasteiger partial charge in [0.25, 0.3) is 0 Å². The number of aliphatic hydroxyl groups is 1. The van der Waals surface area contributed by atoms with Gasteiger partial charge in [0.2, 0.25) is 10.0 Å². The Kier molecular flexibility index (Phi) is 4.92. The predicted octanol–water partition coefficient (Wildman–Crippen LogP) is 1.05. The molecule has 2 rings (SSSR count). The van der Waals surface area contributed by atoms with Crippen LogP contribution in [0.2, 0.25) is 0 Å². The Morgan fingerprint density at radius 2 is 2.10 bits per heavy atom. The summed E-state index contributed by atoms with van der Waals surface area (Å²) >= 11 is 0. The zero-order valence-corrected chi connectivity index (χ0v) is 12.3. The third-order valence-corrected chi connectivity index (χ3v) is 5.27. The van der Waals surface area contributed by atoms with Crippen LogP contribution in [0.25, 0.3) is 0 Å². The monoisotopic (exact) mass is 321 g/mol. The molecule has 21 heavy (non-hydrogen) atoms. The van der Waals surface area contributed by atoms with Crippen LogP contribution in [-0.2, 0) is 14.8 Å². The third kappa shape index (κ3) is 3.57. The number of benzene rings is 1. The van der Waals surface area contributed by atoms with Crippen molar-refractivity contribution in [3.63, 3.8) is 0 Å². The largest absolute Gasteiger partial charge is 0.392 e. The Labute approximate surface area is 122 Å². The lowest BCUT2D eigenvalue weighted by Crippen LogP contribution is -2.34. The lowest BCUT2D eigenvalue weighted by atomic mass is 10.0. The van der Waals surface area contributed by atoms with Gasteiger partial charge in [-0.1, -0.05) is 6.07 Å². The summed E-state index contributed by atoms with van der Waals surface area (Å²) in [6.07, 6.45) is -0.683. The van der Waals surface area contributed by atoms with E-state index in [4.69, 9.17) is 4.74 Å². The maximum absolute atomic E-state index is 13.3. The summed E-state index contributed by atoms with van der Waals surface area (Å²) in [7, 11) is -2.25. The van der Waals surface area contributed by atoms with E-state index in [1.165, 1.54) is 13.2 Å². The summed E-state index contributed by atoms with van der Waals surface area (Å²) in [5, 5.41) is 9.74. The Hall–Kier alpha value is -1.09. The standard InChI is InChI=1S/C13H17F2NO4S/c1-20-4-5-21(18,19)16-8-10(17)7-13(16)9-2-3-11(14)12(15)6-9/h2-3,6,10,13,17H,4-5,7-8H2,1H3/t10-,13-/m0/s1. The Bertz CT molecular complexity index is 608. The third-order valence-electron chi connectivity index (χ3n) is 3.46. The molecule has 1 saturated heterocycles. The molecular formula is C13H17F2NO4S. The van der Waals surface area contributed by atoms with Gasteiger partial charge in [-0.15, -0.1) is 0 Å². The van der Waals surface area contributed by atoms with Crippen molar-refractivity contribution in [3.8, 4) is 0 Å². The number of aliphatic hydroxyl groups excluding tert-OH is 1. The highest BCUT2D eigenvalue weighted by Gasteiger charge is 2.39. The molecule has 1 fully saturated rings. The van der Waals surface area contributed by atoms with Crippen LogP contribution >= 0.6 is 0 Å². The van der Waals surface area contributed by atoms with Gasteiger partial charge in [0.05, 0.1) is 24.5 Å². The molecule has 1 aromatic carbocycles. The number of halogens is 2. The first-order chi connectivity index (χ1) is 9.85. The van der Waals surface area contributed by atoms with Crippen LogP contribution in [0.4, 0.5) is 8.78 Å². The number of methoxy groups -OCH3 is 1. The minimum atomic E-state index is -3.64. The van der Waals surface area contributed by atoms with E-state index < -0.39 is 33.8 Å². The van der Waals surface area contributed by atoms with E-state index in [2.05, 4.69) is 0 Å². The van der Waals surface area contributed by atoms with Gasteiger partial charge in [-0.05, 0) is 24.1 Å². The van der Waals surface area contributed by atoms with Crippen LogP contribution in [-0.4, -0.2) is 49.9 Å². The fraction of sp³-hybridized carbons (Fsp3) is 0.538. The number of hydrogen-bond donors (Lipinski definition) is 1. The summed E-state index contributed by atoms with van der Waals surface area (Å²) in [6.45, 7) is -0.0326. The molecule has 0 amide bonds. The van der Waals surface area contributed by atoms with Crippen LogP contribution < -0.4 is 0 Å². The minimum absolute atomic E-state index is 0.0272. The molecule has 1 N–H and O–H groups in total. The van der Waals surface area contributed by atoms with E-state index in [1.54, 1.807) is 0 Å². The minimum Gasteiger partial charge on any atom is -0.392 e. The van der Waals surface area contributed by atoms with Crippen molar-refractivity contribution in [2.24, 2.45) is 0 Å². The lowest BCUT2D eigenvalue weighted by molar-refractivity contribution is 0.188. The van der Waals surface area contributed by atoms with Crippen LogP contribution in [0.5, 0.6) is 0 Å². The van der Waals surface area contributed by atoms with Crippen LogP contribution in [0.1, 0.15) is 18.0 Å². The molecule has 0 aromatic heterocycles. The highest BCUT2D eigenvalue weighted by Crippen LogP contribution is 2.35. The predicted molar refractivity (Wildman–Crippen MR) is 72.1 cm³/mol. The van der Waals surface area contributed by atoms with Crippen molar-refractivity contribution in [3.05, 3.63) is 35.4 Å². The van der Waals surface area contributed by atoms with Crippen molar-refractivity contribution >= 4 is 10.0 Å². The molecule has 0 bridgehead atoms. The fourth-order valence-corrected chi connectivity index (χ4v) is 4.03. The topological polar surface area (TPSA) is 66.8 Å². The molecule has 1 aliphatic rings. The molecule has 0 radical (unpaired) electrons. The summed E-state index contributed by atoms with van der Waals surface area (Å²) in [5.41, 5.74) is 0.325. The lowest BCUT2D eigenvalue weighted by Gasteiger charge is -2.24. The second-order valence-corrected chi connectivity index (χ2v) is 7.00. The molecule has 1 heterocycles. The molecule has 1 aromatic rings. The summed E-state index contributed by atoms with van der Waals surface area (Å²) in [5.74, 6) is -2.26. The van der Waals surface area contributed by atoms with E-state index in [-0.39, 0.29) is 25.3 Å².